The van der Waals surface area contributed by atoms with Gasteiger partial charge in [-0.25, -0.2) is 18.4 Å². The molecule has 0 bridgehead atoms. The fraction of sp³-hybridized carbons (Fsp3) is 0.600. The van der Waals surface area contributed by atoms with Crippen LogP contribution < -0.4 is 0 Å². The number of aromatic nitrogens is 3. The summed E-state index contributed by atoms with van der Waals surface area (Å²) in [5, 5.41) is 1.40. The molecule has 1 saturated heterocycles. The predicted molar refractivity (Wildman–Crippen MR) is 89.4 cm³/mol. The van der Waals surface area contributed by atoms with Crippen LogP contribution in [-0.2, 0) is 9.84 Å². The third kappa shape index (κ3) is 2.97. The van der Waals surface area contributed by atoms with E-state index in [0.29, 0.717) is 41.7 Å². The van der Waals surface area contributed by atoms with Crippen molar-refractivity contribution in [2.45, 2.75) is 18.9 Å². The standard InChI is InChI=1S/C15H19ClN4O2S/c16-14-13-1-2-20(15(13)18-10-17-14)12-7-11(8-12)9-19-3-5-23(21,22)6-4-19/h1-2,10-12H,3-9H2. The average Bonchev–Trinajstić information content (AvgIpc) is 2.89. The Morgan fingerprint density at radius 2 is 1.96 bits per heavy atom. The lowest BCUT2D eigenvalue weighted by atomic mass is 9.79. The van der Waals surface area contributed by atoms with Crippen LogP contribution in [0.5, 0.6) is 0 Å². The van der Waals surface area contributed by atoms with Crippen molar-refractivity contribution in [3.8, 4) is 0 Å². The Balaban J connectivity index is 1.37. The minimum Gasteiger partial charge on any atom is -0.329 e. The van der Waals surface area contributed by atoms with Gasteiger partial charge in [-0.2, -0.15) is 0 Å². The average molecular weight is 355 g/mol. The van der Waals surface area contributed by atoms with Gasteiger partial charge in [-0.05, 0) is 24.8 Å². The van der Waals surface area contributed by atoms with E-state index in [0.717, 1.165) is 30.4 Å². The van der Waals surface area contributed by atoms with Crippen molar-refractivity contribution in [1.82, 2.24) is 19.4 Å². The van der Waals surface area contributed by atoms with Crippen LogP contribution in [0.15, 0.2) is 18.6 Å². The molecule has 23 heavy (non-hydrogen) atoms. The molecule has 4 rings (SSSR count). The molecule has 8 heteroatoms. The first-order valence-corrected chi connectivity index (χ1v) is 10.1. The summed E-state index contributed by atoms with van der Waals surface area (Å²) in [7, 11) is -2.79. The Hall–Kier alpha value is -1.18. The Morgan fingerprint density at radius 3 is 2.70 bits per heavy atom. The summed E-state index contributed by atoms with van der Waals surface area (Å²) >= 11 is 6.10. The number of nitrogens with zero attached hydrogens (tertiary/aromatic N) is 4. The number of hydrogen-bond donors (Lipinski definition) is 0. The van der Waals surface area contributed by atoms with Gasteiger partial charge >= 0.3 is 0 Å². The monoisotopic (exact) mass is 354 g/mol. The number of hydrogen-bond acceptors (Lipinski definition) is 5. The van der Waals surface area contributed by atoms with Gasteiger partial charge in [0.25, 0.3) is 0 Å². The van der Waals surface area contributed by atoms with Gasteiger partial charge in [0.05, 0.1) is 16.9 Å². The van der Waals surface area contributed by atoms with Crippen LogP contribution in [0.2, 0.25) is 5.15 Å². The molecule has 2 aromatic heterocycles. The first-order valence-electron chi connectivity index (χ1n) is 7.92. The molecule has 0 amide bonds. The van der Waals surface area contributed by atoms with Crippen molar-refractivity contribution in [3.63, 3.8) is 0 Å². The van der Waals surface area contributed by atoms with Gasteiger partial charge in [0.1, 0.15) is 17.1 Å². The summed E-state index contributed by atoms with van der Waals surface area (Å²) in [6.45, 7) is 2.36. The van der Waals surface area contributed by atoms with Gasteiger partial charge in [-0.15, -0.1) is 0 Å². The number of fused-ring (bicyclic) bond motifs is 1. The van der Waals surface area contributed by atoms with E-state index in [1.54, 1.807) is 0 Å². The maximum Gasteiger partial charge on any atom is 0.152 e. The molecule has 1 saturated carbocycles. The van der Waals surface area contributed by atoms with Gasteiger partial charge in [-0.1, -0.05) is 11.6 Å². The maximum absolute atomic E-state index is 11.5. The summed E-state index contributed by atoms with van der Waals surface area (Å²) in [6.07, 6.45) is 5.76. The molecule has 2 aromatic rings. The predicted octanol–water partition coefficient (Wildman–Crippen LogP) is 1.77. The minimum absolute atomic E-state index is 0.306. The normalized spacial score (nSPS) is 27.9. The van der Waals surface area contributed by atoms with E-state index in [1.165, 1.54) is 6.33 Å². The lowest BCUT2D eigenvalue weighted by Gasteiger charge is -2.40. The molecule has 1 aliphatic carbocycles. The molecule has 124 valence electrons. The van der Waals surface area contributed by atoms with Crippen molar-refractivity contribution >= 4 is 32.5 Å². The Bertz CT molecular complexity index is 815. The fourth-order valence-electron chi connectivity index (χ4n) is 3.61. The van der Waals surface area contributed by atoms with E-state index < -0.39 is 9.84 Å². The van der Waals surface area contributed by atoms with E-state index in [2.05, 4.69) is 19.4 Å². The van der Waals surface area contributed by atoms with E-state index in [-0.39, 0.29) is 0 Å². The maximum atomic E-state index is 11.5. The summed E-state index contributed by atoms with van der Waals surface area (Å²) in [5.41, 5.74) is 0.900. The molecule has 2 aliphatic rings. The van der Waals surface area contributed by atoms with Gasteiger partial charge in [0, 0.05) is 31.9 Å². The second kappa shape index (κ2) is 5.72. The first-order chi connectivity index (χ1) is 11.0. The van der Waals surface area contributed by atoms with Gasteiger partial charge < -0.3 is 9.47 Å². The second-order valence-electron chi connectivity index (χ2n) is 6.57. The Labute approximate surface area is 140 Å². The first kappa shape index (κ1) is 15.4. The number of rotatable bonds is 3. The summed E-state index contributed by atoms with van der Waals surface area (Å²) in [4.78, 5) is 10.7. The molecule has 0 unspecified atom stereocenters. The van der Waals surface area contributed by atoms with E-state index in [9.17, 15) is 8.42 Å². The molecule has 0 radical (unpaired) electrons. The largest absolute Gasteiger partial charge is 0.329 e. The Morgan fingerprint density at radius 1 is 1.22 bits per heavy atom. The molecular formula is C15H19ClN4O2S. The molecule has 0 aromatic carbocycles. The van der Waals surface area contributed by atoms with E-state index >= 15 is 0 Å². The highest BCUT2D eigenvalue weighted by Gasteiger charge is 2.33. The van der Waals surface area contributed by atoms with Crippen LogP contribution in [0.25, 0.3) is 11.0 Å². The van der Waals surface area contributed by atoms with Crippen LogP contribution >= 0.6 is 11.6 Å². The van der Waals surface area contributed by atoms with Crippen molar-refractivity contribution in [2.24, 2.45) is 5.92 Å². The van der Waals surface area contributed by atoms with Crippen LogP contribution in [-0.4, -0.2) is 59.0 Å². The van der Waals surface area contributed by atoms with Gasteiger partial charge in [0.2, 0.25) is 0 Å². The zero-order chi connectivity index (χ0) is 16.0. The number of sulfone groups is 1. The van der Waals surface area contributed by atoms with Crippen LogP contribution in [0.4, 0.5) is 0 Å². The Kier molecular flexibility index (Phi) is 3.82. The molecule has 3 heterocycles. The van der Waals surface area contributed by atoms with Crippen LogP contribution in [0, 0.1) is 5.92 Å². The van der Waals surface area contributed by atoms with Crippen molar-refractivity contribution in [2.75, 3.05) is 31.1 Å². The zero-order valence-corrected chi connectivity index (χ0v) is 14.3. The smallest absolute Gasteiger partial charge is 0.152 e. The molecule has 2 fully saturated rings. The molecule has 0 atom stereocenters. The molecule has 6 nitrogen and oxygen atoms in total. The highest BCUT2D eigenvalue weighted by atomic mass is 35.5. The van der Waals surface area contributed by atoms with Gasteiger partial charge in [0.15, 0.2) is 9.84 Å². The van der Waals surface area contributed by atoms with Gasteiger partial charge in [-0.3, -0.25) is 0 Å². The van der Waals surface area contributed by atoms with Crippen LogP contribution in [0.3, 0.4) is 0 Å². The quantitative estimate of drug-likeness (QED) is 0.786. The summed E-state index contributed by atoms with van der Waals surface area (Å²) in [6, 6.07) is 2.43. The molecular weight excluding hydrogens is 336 g/mol. The highest BCUT2D eigenvalue weighted by Crippen LogP contribution is 2.40. The van der Waals surface area contributed by atoms with Crippen molar-refractivity contribution < 1.29 is 8.42 Å². The van der Waals surface area contributed by atoms with E-state index in [1.807, 2.05) is 12.3 Å². The summed E-state index contributed by atoms with van der Waals surface area (Å²) < 4.78 is 25.1. The molecule has 0 spiro atoms. The third-order valence-corrected chi connectivity index (χ3v) is 6.93. The topological polar surface area (TPSA) is 68.1 Å². The second-order valence-corrected chi connectivity index (χ2v) is 9.23. The highest BCUT2D eigenvalue weighted by molar-refractivity contribution is 7.91. The molecule has 0 N–H and O–H groups in total. The number of halogens is 1. The van der Waals surface area contributed by atoms with Crippen molar-refractivity contribution in [3.05, 3.63) is 23.7 Å². The third-order valence-electron chi connectivity index (χ3n) is 5.02. The lowest BCUT2D eigenvalue weighted by Crippen LogP contribution is -2.44. The zero-order valence-electron chi connectivity index (χ0n) is 12.7. The fourth-order valence-corrected chi connectivity index (χ4v) is 5.08. The summed E-state index contributed by atoms with van der Waals surface area (Å²) in [5.74, 6) is 1.25. The SMILES string of the molecule is O=S1(=O)CCN(CC2CC(n3ccc4c(Cl)ncnc43)C2)CC1. The minimum atomic E-state index is -2.79. The van der Waals surface area contributed by atoms with E-state index in [4.69, 9.17) is 11.6 Å². The van der Waals surface area contributed by atoms with Crippen molar-refractivity contribution in [1.29, 1.82) is 0 Å². The molecule has 1 aliphatic heterocycles. The lowest BCUT2D eigenvalue weighted by molar-refractivity contribution is 0.136. The van der Waals surface area contributed by atoms with Crippen LogP contribution in [0.1, 0.15) is 18.9 Å².